The van der Waals surface area contributed by atoms with Gasteiger partial charge in [0.05, 0.1) is 13.2 Å². The van der Waals surface area contributed by atoms with E-state index >= 15 is 0 Å². The van der Waals surface area contributed by atoms with E-state index in [1.165, 1.54) is 0 Å². The number of aryl methyl sites for hydroxylation is 1. The molecule has 1 amide bonds. The van der Waals surface area contributed by atoms with Gasteiger partial charge >= 0.3 is 0 Å². The van der Waals surface area contributed by atoms with Crippen LogP contribution < -0.4 is 15.4 Å². The number of hydrogen-bond acceptors (Lipinski definition) is 5. The second-order valence-electron chi connectivity index (χ2n) is 4.22. The summed E-state index contributed by atoms with van der Waals surface area (Å²) in [7, 11) is 0. The van der Waals surface area contributed by atoms with Crippen LogP contribution in [0.15, 0.2) is 6.07 Å². The minimum atomic E-state index is -0.0667. The molecule has 0 fully saturated rings. The molecule has 0 radical (unpaired) electrons. The van der Waals surface area contributed by atoms with Crippen molar-refractivity contribution in [2.24, 2.45) is 0 Å². The van der Waals surface area contributed by atoms with Gasteiger partial charge in [0, 0.05) is 18.3 Å². The molecule has 19 heavy (non-hydrogen) atoms. The Hall–Kier alpha value is -1.85. The van der Waals surface area contributed by atoms with E-state index < -0.39 is 0 Å². The van der Waals surface area contributed by atoms with Gasteiger partial charge in [-0.25, -0.2) is 4.98 Å². The average molecular weight is 266 g/mol. The van der Waals surface area contributed by atoms with Gasteiger partial charge in [-0.15, -0.1) is 0 Å². The summed E-state index contributed by atoms with van der Waals surface area (Å²) in [5, 5.41) is 5.67. The average Bonchev–Trinajstić information content (AvgIpc) is 2.40. The lowest BCUT2D eigenvalue weighted by atomic mass is 10.4. The van der Waals surface area contributed by atoms with Crippen LogP contribution in [0.2, 0.25) is 0 Å². The maximum Gasteiger partial charge on any atom is 0.239 e. The van der Waals surface area contributed by atoms with Gasteiger partial charge in [-0.1, -0.05) is 13.8 Å². The first-order valence-electron chi connectivity index (χ1n) is 6.64. The number of anilines is 1. The molecule has 1 aromatic heterocycles. The van der Waals surface area contributed by atoms with Crippen LogP contribution in [-0.2, 0) is 4.79 Å². The first kappa shape index (κ1) is 15.2. The van der Waals surface area contributed by atoms with Crippen molar-refractivity contribution in [1.82, 2.24) is 15.3 Å². The van der Waals surface area contributed by atoms with Crippen molar-refractivity contribution >= 4 is 11.9 Å². The van der Waals surface area contributed by atoms with Crippen molar-refractivity contribution in [3.63, 3.8) is 0 Å². The molecule has 0 saturated heterocycles. The zero-order chi connectivity index (χ0) is 14.1. The van der Waals surface area contributed by atoms with Gasteiger partial charge in [-0.05, 0) is 19.8 Å². The molecule has 0 atom stereocenters. The second kappa shape index (κ2) is 8.29. The zero-order valence-corrected chi connectivity index (χ0v) is 11.8. The van der Waals surface area contributed by atoms with Crippen molar-refractivity contribution in [1.29, 1.82) is 0 Å². The fourth-order valence-corrected chi connectivity index (χ4v) is 1.39. The van der Waals surface area contributed by atoms with E-state index in [9.17, 15) is 4.79 Å². The monoisotopic (exact) mass is 266 g/mol. The van der Waals surface area contributed by atoms with Crippen molar-refractivity contribution in [2.45, 2.75) is 33.6 Å². The summed E-state index contributed by atoms with van der Waals surface area (Å²) in [5.74, 6) is 0.881. The van der Waals surface area contributed by atoms with Crippen molar-refractivity contribution in [3.05, 3.63) is 11.8 Å². The van der Waals surface area contributed by atoms with Gasteiger partial charge in [0.25, 0.3) is 0 Å². The normalized spacial score (nSPS) is 10.1. The lowest BCUT2D eigenvalue weighted by Crippen LogP contribution is -2.30. The number of aromatic nitrogens is 2. The van der Waals surface area contributed by atoms with E-state index in [1.54, 1.807) is 6.07 Å². The standard InChI is InChI=1S/C13H22N4O2/c1-4-6-14-11(18)9-15-13-16-10(3)8-12(17-13)19-7-5-2/h8H,4-7,9H2,1-3H3,(H,14,18)(H,15,16,17). The first-order valence-corrected chi connectivity index (χ1v) is 6.64. The number of rotatable bonds is 8. The van der Waals surface area contributed by atoms with Gasteiger partial charge in [0.1, 0.15) is 0 Å². The molecule has 0 bridgehead atoms. The minimum Gasteiger partial charge on any atom is -0.478 e. The fraction of sp³-hybridized carbons (Fsp3) is 0.615. The van der Waals surface area contributed by atoms with Crippen LogP contribution in [0.5, 0.6) is 5.88 Å². The second-order valence-corrected chi connectivity index (χ2v) is 4.22. The molecule has 1 heterocycles. The highest BCUT2D eigenvalue weighted by Gasteiger charge is 2.05. The fourth-order valence-electron chi connectivity index (χ4n) is 1.39. The maximum atomic E-state index is 11.5. The van der Waals surface area contributed by atoms with Crippen LogP contribution in [0, 0.1) is 6.92 Å². The largest absolute Gasteiger partial charge is 0.478 e. The van der Waals surface area contributed by atoms with E-state index in [0.717, 1.165) is 18.5 Å². The summed E-state index contributed by atoms with van der Waals surface area (Å²) in [6.07, 6.45) is 1.84. The van der Waals surface area contributed by atoms with Gasteiger partial charge in [-0.3, -0.25) is 4.79 Å². The third-order valence-electron chi connectivity index (χ3n) is 2.26. The molecule has 106 valence electrons. The number of carbonyl (C=O) groups excluding carboxylic acids is 1. The molecule has 1 rings (SSSR count). The molecular weight excluding hydrogens is 244 g/mol. The molecule has 0 unspecified atom stereocenters. The van der Waals surface area contributed by atoms with Crippen molar-refractivity contribution in [2.75, 3.05) is 25.0 Å². The van der Waals surface area contributed by atoms with Gasteiger partial charge in [0.2, 0.25) is 17.7 Å². The smallest absolute Gasteiger partial charge is 0.239 e. The Morgan fingerprint density at radius 1 is 1.32 bits per heavy atom. The molecule has 0 saturated carbocycles. The Morgan fingerprint density at radius 2 is 2.11 bits per heavy atom. The SMILES string of the molecule is CCCNC(=O)CNc1nc(C)cc(OCCC)n1. The Labute approximate surface area is 114 Å². The molecule has 0 aliphatic rings. The molecule has 1 aromatic rings. The number of carbonyl (C=O) groups is 1. The highest BCUT2D eigenvalue weighted by molar-refractivity contribution is 5.80. The van der Waals surface area contributed by atoms with Gasteiger partial charge in [0.15, 0.2) is 0 Å². The Morgan fingerprint density at radius 3 is 2.79 bits per heavy atom. The Balaban J connectivity index is 2.52. The lowest BCUT2D eigenvalue weighted by Gasteiger charge is -2.09. The Bertz CT molecular complexity index is 410. The van der Waals surface area contributed by atoms with Crippen LogP contribution in [0.3, 0.4) is 0 Å². The molecule has 0 aromatic carbocycles. The summed E-state index contributed by atoms with van der Waals surface area (Å²) in [5.41, 5.74) is 0.803. The summed E-state index contributed by atoms with van der Waals surface area (Å²) in [6.45, 7) is 7.37. The summed E-state index contributed by atoms with van der Waals surface area (Å²) < 4.78 is 5.46. The third-order valence-corrected chi connectivity index (χ3v) is 2.26. The number of hydrogen-bond donors (Lipinski definition) is 2. The molecule has 2 N–H and O–H groups in total. The molecule has 0 aliphatic heterocycles. The highest BCUT2D eigenvalue weighted by atomic mass is 16.5. The van der Waals surface area contributed by atoms with E-state index in [0.29, 0.717) is 25.0 Å². The predicted molar refractivity (Wildman–Crippen MR) is 74.3 cm³/mol. The topological polar surface area (TPSA) is 76.1 Å². The summed E-state index contributed by atoms with van der Waals surface area (Å²) in [6, 6.07) is 1.78. The quantitative estimate of drug-likeness (QED) is 0.746. The van der Waals surface area contributed by atoms with E-state index in [-0.39, 0.29) is 12.5 Å². The van der Waals surface area contributed by atoms with Crippen LogP contribution >= 0.6 is 0 Å². The number of ether oxygens (including phenoxy) is 1. The summed E-state index contributed by atoms with van der Waals surface area (Å²) in [4.78, 5) is 19.9. The van der Waals surface area contributed by atoms with Crippen LogP contribution in [-0.4, -0.2) is 35.6 Å². The molecule has 6 heteroatoms. The molecular formula is C13H22N4O2. The number of nitrogens with zero attached hydrogens (tertiary/aromatic N) is 2. The Kier molecular flexibility index (Phi) is 6.63. The van der Waals surface area contributed by atoms with Crippen LogP contribution in [0.4, 0.5) is 5.95 Å². The minimum absolute atomic E-state index is 0.0667. The van der Waals surface area contributed by atoms with Crippen molar-refractivity contribution in [3.8, 4) is 5.88 Å². The summed E-state index contributed by atoms with van der Waals surface area (Å²) >= 11 is 0. The number of nitrogens with one attached hydrogen (secondary N) is 2. The number of amides is 1. The van der Waals surface area contributed by atoms with E-state index in [1.807, 2.05) is 20.8 Å². The molecule has 0 aliphatic carbocycles. The maximum absolute atomic E-state index is 11.5. The van der Waals surface area contributed by atoms with Crippen molar-refractivity contribution < 1.29 is 9.53 Å². The first-order chi connectivity index (χ1) is 9.15. The molecule has 0 spiro atoms. The molecule has 6 nitrogen and oxygen atoms in total. The third kappa shape index (κ3) is 6.03. The zero-order valence-electron chi connectivity index (χ0n) is 11.8. The van der Waals surface area contributed by atoms with Gasteiger partial charge in [-0.2, -0.15) is 4.98 Å². The van der Waals surface area contributed by atoms with Crippen LogP contribution in [0.1, 0.15) is 32.4 Å². The van der Waals surface area contributed by atoms with E-state index in [2.05, 4.69) is 20.6 Å². The van der Waals surface area contributed by atoms with Gasteiger partial charge < -0.3 is 15.4 Å². The lowest BCUT2D eigenvalue weighted by molar-refractivity contribution is -0.119. The van der Waals surface area contributed by atoms with Crippen LogP contribution in [0.25, 0.3) is 0 Å². The predicted octanol–water partition coefficient (Wildman–Crippen LogP) is 1.51. The highest BCUT2D eigenvalue weighted by Crippen LogP contribution is 2.11. The van der Waals surface area contributed by atoms with E-state index in [4.69, 9.17) is 4.74 Å².